The van der Waals surface area contributed by atoms with Crippen molar-refractivity contribution in [1.29, 1.82) is 0 Å². The van der Waals surface area contributed by atoms with Gasteiger partial charge in [0.25, 0.3) is 5.91 Å². The molecule has 1 aliphatic carbocycles. The first kappa shape index (κ1) is 16.2. The summed E-state index contributed by atoms with van der Waals surface area (Å²) in [5, 5.41) is 9.75. The molecule has 0 aromatic carbocycles. The zero-order valence-electron chi connectivity index (χ0n) is 14.0. The summed E-state index contributed by atoms with van der Waals surface area (Å²) in [5.74, 6) is -0.0173. The number of fused-ring (bicyclic) bond motifs is 1. The summed E-state index contributed by atoms with van der Waals surface area (Å²) in [6, 6.07) is 4.91. The van der Waals surface area contributed by atoms with E-state index >= 15 is 0 Å². The Balaban J connectivity index is 1.50. The number of urea groups is 1. The molecule has 2 aliphatic rings. The molecule has 2 aromatic rings. The van der Waals surface area contributed by atoms with E-state index < -0.39 is 11.9 Å². The van der Waals surface area contributed by atoms with E-state index in [1.165, 1.54) is 0 Å². The molecule has 1 aliphatic heterocycles. The molecule has 1 atom stereocenters. The largest absolute Gasteiger partial charge is 0.348 e. The Hall–Kier alpha value is -3.23. The number of carbonyl (C=O) groups excluding carboxylic acids is 3. The predicted octanol–water partition coefficient (Wildman–Crippen LogP) is 0.313. The highest BCUT2D eigenvalue weighted by Gasteiger charge is 2.32. The summed E-state index contributed by atoms with van der Waals surface area (Å²) in [6.07, 6.45) is 6.00. The summed E-state index contributed by atoms with van der Waals surface area (Å²) in [5.41, 5.74) is 1.97. The Morgan fingerprint density at radius 3 is 2.96 bits per heavy atom. The fourth-order valence-corrected chi connectivity index (χ4v) is 3.38. The standard InChI is InChI=1S/C17H18N6O3/c24-15(10-22-16(25)9-19-17(22)26)21-12-4-3-5-13-11(12)8-20-23(13)14-6-1-2-7-18-14/h1-2,6-8,12H,3-5,9-10H2,(H,19,26)(H,21,24). The molecule has 9 heteroatoms. The molecule has 134 valence electrons. The maximum absolute atomic E-state index is 12.3. The van der Waals surface area contributed by atoms with Crippen molar-refractivity contribution in [1.82, 2.24) is 30.3 Å². The summed E-state index contributed by atoms with van der Waals surface area (Å²) < 4.78 is 1.80. The zero-order valence-corrected chi connectivity index (χ0v) is 14.0. The van der Waals surface area contributed by atoms with Crippen molar-refractivity contribution in [3.8, 4) is 5.82 Å². The van der Waals surface area contributed by atoms with Gasteiger partial charge in [0.2, 0.25) is 5.91 Å². The highest BCUT2D eigenvalue weighted by atomic mass is 16.2. The van der Waals surface area contributed by atoms with Crippen molar-refractivity contribution in [2.75, 3.05) is 13.1 Å². The topological polar surface area (TPSA) is 109 Å². The minimum absolute atomic E-state index is 0.0590. The fraction of sp³-hybridized carbons (Fsp3) is 0.353. The number of rotatable bonds is 4. The Morgan fingerprint density at radius 2 is 2.23 bits per heavy atom. The van der Waals surface area contributed by atoms with E-state index in [4.69, 9.17) is 0 Å². The number of hydrogen-bond acceptors (Lipinski definition) is 5. The number of nitrogens with zero attached hydrogens (tertiary/aromatic N) is 4. The van der Waals surface area contributed by atoms with E-state index in [1.807, 2.05) is 18.2 Å². The van der Waals surface area contributed by atoms with Crippen molar-refractivity contribution in [2.24, 2.45) is 0 Å². The number of amides is 4. The third kappa shape index (κ3) is 2.92. The molecule has 0 radical (unpaired) electrons. The Labute approximate surface area is 149 Å². The molecular formula is C17H18N6O3. The number of imide groups is 1. The number of carbonyl (C=O) groups is 3. The fourth-order valence-electron chi connectivity index (χ4n) is 3.38. The maximum Gasteiger partial charge on any atom is 0.325 e. The van der Waals surface area contributed by atoms with Crippen LogP contribution in [-0.4, -0.2) is 50.6 Å². The number of nitrogens with one attached hydrogen (secondary N) is 2. The van der Waals surface area contributed by atoms with Gasteiger partial charge in [0.15, 0.2) is 5.82 Å². The highest BCUT2D eigenvalue weighted by Crippen LogP contribution is 2.30. The molecule has 0 spiro atoms. The Morgan fingerprint density at radius 1 is 1.35 bits per heavy atom. The van der Waals surface area contributed by atoms with Gasteiger partial charge < -0.3 is 10.6 Å². The lowest BCUT2D eigenvalue weighted by molar-refractivity contribution is -0.131. The second kappa shape index (κ2) is 6.58. The van der Waals surface area contributed by atoms with E-state index in [-0.39, 0.29) is 25.0 Å². The molecule has 4 amide bonds. The van der Waals surface area contributed by atoms with Crippen LogP contribution in [0.2, 0.25) is 0 Å². The van der Waals surface area contributed by atoms with E-state index in [0.29, 0.717) is 0 Å². The average molecular weight is 354 g/mol. The molecule has 2 N–H and O–H groups in total. The smallest absolute Gasteiger partial charge is 0.325 e. The molecule has 3 heterocycles. The van der Waals surface area contributed by atoms with Gasteiger partial charge in [-0.2, -0.15) is 5.10 Å². The minimum atomic E-state index is -0.530. The van der Waals surface area contributed by atoms with Crippen molar-refractivity contribution in [3.05, 3.63) is 41.9 Å². The summed E-state index contributed by atoms with van der Waals surface area (Å²) in [7, 11) is 0. The van der Waals surface area contributed by atoms with Gasteiger partial charge >= 0.3 is 6.03 Å². The van der Waals surface area contributed by atoms with E-state index in [0.717, 1.165) is 41.2 Å². The van der Waals surface area contributed by atoms with Crippen LogP contribution in [0, 0.1) is 0 Å². The number of hydrogen-bond donors (Lipinski definition) is 2. The molecule has 1 unspecified atom stereocenters. The molecule has 26 heavy (non-hydrogen) atoms. The summed E-state index contributed by atoms with van der Waals surface area (Å²) in [4.78, 5) is 40.8. The van der Waals surface area contributed by atoms with Gasteiger partial charge in [-0.3, -0.25) is 14.5 Å². The van der Waals surface area contributed by atoms with Crippen molar-refractivity contribution < 1.29 is 14.4 Å². The molecular weight excluding hydrogens is 336 g/mol. The maximum atomic E-state index is 12.3. The molecule has 2 aromatic heterocycles. The Kier molecular flexibility index (Phi) is 4.11. The third-order valence-electron chi connectivity index (χ3n) is 4.62. The van der Waals surface area contributed by atoms with Crippen LogP contribution in [0.4, 0.5) is 4.79 Å². The van der Waals surface area contributed by atoms with Crippen LogP contribution >= 0.6 is 0 Å². The van der Waals surface area contributed by atoms with Gasteiger partial charge in [-0.15, -0.1) is 0 Å². The first-order valence-electron chi connectivity index (χ1n) is 8.49. The second-order valence-corrected chi connectivity index (χ2v) is 6.30. The lowest BCUT2D eigenvalue weighted by Crippen LogP contribution is -2.42. The first-order chi connectivity index (χ1) is 12.6. The van der Waals surface area contributed by atoms with E-state index in [9.17, 15) is 14.4 Å². The number of pyridine rings is 1. The van der Waals surface area contributed by atoms with Crippen LogP contribution in [0.5, 0.6) is 0 Å². The first-order valence-corrected chi connectivity index (χ1v) is 8.49. The van der Waals surface area contributed by atoms with Crippen LogP contribution in [0.25, 0.3) is 5.82 Å². The second-order valence-electron chi connectivity index (χ2n) is 6.30. The van der Waals surface area contributed by atoms with Crippen LogP contribution in [0.1, 0.15) is 30.1 Å². The van der Waals surface area contributed by atoms with Crippen LogP contribution in [0.15, 0.2) is 30.6 Å². The van der Waals surface area contributed by atoms with Crippen LogP contribution in [-0.2, 0) is 16.0 Å². The van der Waals surface area contributed by atoms with Crippen molar-refractivity contribution in [3.63, 3.8) is 0 Å². The molecule has 1 fully saturated rings. The molecule has 1 saturated heterocycles. The van der Waals surface area contributed by atoms with Crippen molar-refractivity contribution in [2.45, 2.75) is 25.3 Å². The predicted molar refractivity (Wildman–Crippen MR) is 90.3 cm³/mol. The summed E-state index contributed by atoms with van der Waals surface area (Å²) in [6.45, 7) is -0.332. The Bertz CT molecular complexity index is 847. The van der Waals surface area contributed by atoms with Crippen LogP contribution in [0.3, 0.4) is 0 Å². The van der Waals surface area contributed by atoms with Gasteiger partial charge in [0, 0.05) is 11.8 Å². The molecule has 0 saturated carbocycles. The van der Waals surface area contributed by atoms with Gasteiger partial charge in [0.1, 0.15) is 6.54 Å². The molecule has 4 rings (SSSR count). The average Bonchev–Trinajstić information content (AvgIpc) is 3.22. The quantitative estimate of drug-likeness (QED) is 0.768. The highest BCUT2D eigenvalue weighted by molar-refractivity contribution is 6.04. The number of aromatic nitrogens is 3. The van der Waals surface area contributed by atoms with Gasteiger partial charge in [0.05, 0.1) is 24.5 Å². The molecule has 9 nitrogen and oxygen atoms in total. The minimum Gasteiger partial charge on any atom is -0.348 e. The van der Waals surface area contributed by atoms with Crippen LogP contribution < -0.4 is 10.6 Å². The normalized spacial score (nSPS) is 19.2. The molecule has 0 bridgehead atoms. The van der Waals surface area contributed by atoms with Gasteiger partial charge in [-0.25, -0.2) is 14.5 Å². The lowest BCUT2D eigenvalue weighted by Gasteiger charge is -2.24. The van der Waals surface area contributed by atoms with Gasteiger partial charge in [-0.05, 0) is 31.4 Å². The monoisotopic (exact) mass is 354 g/mol. The summed E-state index contributed by atoms with van der Waals surface area (Å²) >= 11 is 0. The SMILES string of the molecule is O=C(CN1C(=O)CNC1=O)NC1CCCc2c1cnn2-c1ccccn1. The zero-order chi connectivity index (χ0) is 18.1. The van der Waals surface area contributed by atoms with E-state index in [1.54, 1.807) is 17.1 Å². The lowest BCUT2D eigenvalue weighted by atomic mass is 9.93. The van der Waals surface area contributed by atoms with Gasteiger partial charge in [-0.1, -0.05) is 6.07 Å². The van der Waals surface area contributed by atoms with Crippen molar-refractivity contribution >= 4 is 17.8 Å². The third-order valence-corrected chi connectivity index (χ3v) is 4.62. The van der Waals surface area contributed by atoms with E-state index in [2.05, 4.69) is 20.7 Å².